The third kappa shape index (κ3) is 4.43. The largest absolute Gasteiger partial charge is 0.466 e. The number of ether oxygens (including phenoxy) is 2. The summed E-state index contributed by atoms with van der Waals surface area (Å²) >= 11 is 0. The molecular formula is C20H18O4. The van der Waals surface area contributed by atoms with Gasteiger partial charge in [0.05, 0.1) is 12.9 Å². The summed E-state index contributed by atoms with van der Waals surface area (Å²) in [5, 5.41) is 0. The minimum atomic E-state index is -0.417. The molecule has 0 unspecified atom stereocenters. The van der Waals surface area contributed by atoms with Crippen LogP contribution in [-0.2, 0) is 9.53 Å². The maximum atomic E-state index is 11.6. The molecule has 0 bridgehead atoms. The quantitative estimate of drug-likeness (QED) is 0.331. The maximum absolute atomic E-state index is 11.6. The first kappa shape index (κ1) is 17.2. The number of hydrogen-bond donors (Lipinski definition) is 0. The van der Waals surface area contributed by atoms with Crippen molar-refractivity contribution in [1.29, 1.82) is 0 Å². The van der Waals surface area contributed by atoms with Crippen molar-refractivity contribution in [3.63, 3.8) is 0 Å². The number of rotatable bonds is 7. The van der Waals surface area contributed by atoms with E-state index < -0.39 is 5.97 Å². The summed E-state index contributed by atoms with van der Waals surface area (Å²) in [7, 11) is 0. The SMILES string of the molecule is C=COc1ccc(-c2cccc(C=O)c2)c(/C=C/C(=O)OCC)c1. The lowest BCUT2D eigenvalue weighted by molar-refractivity contribution is -0.137. The van der Waals surface area contributed by atoms with E-state index in [9.17, 15) is 9.59 Å². The third-order valence-electron chi connectivity index (χ3n) is 3.26. The maximum Gasteiger partial charge on any atom is 0.330 e. The number of hydrogen-bond acceptors (Lipinski definition) is 4. The van der Waals surface area contributed by atoms with Gasteiger partial charge in [0.15, 0.2) is 0 Å². The lowest BCUT2D eigenvalue weighted by Gasteiger charge is -2.09. The highest BCUT2D eigenvalue weighted by Gasteiger charge is 2.07. The van der Waals surface area contributed by atoms with E-state index in [-0.39, 0.29) is 0 Å². The smallest absolute Gasteiger partial charge is 0.330 e. The van der Waals surface area contributed by atoms with Crippen LogP contribution in [-0.4, -0.2) is 18.9 Å². The summed E-state index contributed by atoms with van der Waals surface area (Å²) in [5.41, 5.74) is 3.09. The van der Waals surface area contributed by atoms with Gasteiger partial charge in [-0.25, -0.2) is 4.79 Å². The first-order valence-corrected chi connectivity index (χ1v) is 7.50. The van der Waals surface area contributed by atoms with Crippen LogP contribution in [0.25, 0.3) is 17.2 Å². The predicted molar refractivity (Wildman–Crippen MR) is 93.8 cm³/mol. The number of carbonyl (C=O) groups is 2. The van der Waals surface area contributed by atoms with Gasteiger partial charge < -0.3 is 9.47 Å². The van der Waals surface area contributed by atoms with Crippen molar-refractivity contribution < 1.29 is 19.1 Å². The number of carbonyl (C=O) groups excluding carboxylic acids is 2. The van der Waals surface area contributed by atoms with Crippen molar-refractivity contribution in [3.8, 4) is 16.9 Å². The highest BCUT2D eigenvalue weighted by atomic mass is 16.5. The van der Waals surface area contributed by atoms with E-state index in [1.54, 1.807) is 37.3 Å². The standard InChI is InChI=1S/C20H18O4/c1-3-23-18-9-10-19(16-7-5-6-15(12-16)14-21)17(13-18)8-11-20(22)24-4-2/h3,5-14H,1,4H2,2H3/b11-8+. The van der Waals surface area contributed by atoms with Crippen molar-refractivity contribution in [2.75, 3.05) is 6.61 Å². The summed E-state index contributed by atoms with van der Waals surface area (Å²) in [4.78, 5) is 22.6. The molecule has 2 aromatic carbocycles. The monoisotopic (exact) mass is 322 g/mol. The van der Waals surface area contributed by atoms with Crippen molar-refractivity contribution >= 4 is 18.3 Å². The van der Waals surface area contributed by atoms with Crippen LogP contribution in [0.5, 0.6) is 5.75 Å². The molecule has 0 saturated heterocycles. The lowest BCUT2D eigenvalue weighted by atomic mass is 9.97. The van der Waals surface area contributed by atoms with E-state index in [0.29, 0.717) is 17.9 Å². The van der Waals surface area contributed by atoms with Crippen molar-refractivity contribution in [1.82, 2.24) is 0 Å². The van der Waals surface area contributed by atoms with Gasteiger partial charge in [0.1, 0.15) is 12.0 Å². The van der Waals surface area contributed by atoms with Crippen LogP contribution in [0.4, 0.5) is 0 Å². The van der Waals surface area contributed by atoms with Gasteiger partial charge in [0.2, 0.25) is 0 Å². The minimum Gasteiger partial charge on any atom is -0.466 e. The van der Waals surface area contributed by atoms with Gasteiger partial charge in [-0.05, 0) is 47.9 Å². The highest BCUT2D eigenvalue weighted by molar-refractivity contribution is 5.90. The molecule has 0 aliphatic heterocycles. The molecule has 122 valence electrons. The second kappa shape index (κ2) is 8.48. The molecule has 24 heavy (non-hydrogen) atoms. The Morgan fingerprint density at radius 1 is 1.21 bits per heavy atom. The van der Waals surface area contributed by atoms with Crippen LogP contribution >= 0.6 is 0 Å². The molecule has 0 heterocycles. The fraction of sp³-hybridized carbons (Fsp3) is 0.100. The van der Waals surface area contributed by atoms with E-state index in [0.717, 1.165) is 23.0 Å². The van der Waals surface area contributed by atoms with Gasteiger partial charge in [-0.3, -0.25) is 4.79 Å². The van der Waals surface area contributed by atoms with Gasteiger partial charge >= 0.3 is 5.97 Å². The summed E-state index contributed by atoms with van der Waals surface area (Å²) in [6.45, 7) is 5.60. The Morgan fingerprint density at radius 2 is 2.04 bits per heavy atom. The molecule has 0 amide bonds. The van der Waals surface area contributed by atoms with Gasteiger partial charge in [0.25, 0.3) is 0 Å². The first-order chi connectivity index (χ1) is 11.7. The normalized spacial score (nSPS) is 10.4. The fourth-order valence-electron chi connectivity index (χ4n) is 2.24. The van der Waals surface area contributed by atoms with Crippen LogP contribution < -0.4 is 4.74 Å². The third-order valence-corrected chi connectivity index (χ3v) is 3.26. The Morgan fingerprint density at radius 3 is 2.75 bits per heavy atom. The van der Waals surface area contributed by atoms with E-state index in [2.05, 4.69) is 6.58 Å². The topological polar surface area (TPSA) is 52.6 Å². The summed E-state index contributed by atoms with van der Waals surface area (Å²) in [6, 6.07) is 12.7. The van der Waals surface area contributed by atoms with Crippen LogP contribution in [0.3, 0.4) is 0 Å². The molecule has 0 atom stereocenters. The molecule has 0 N–H and O–H groups in total. The van der Waals surface area contributed by atoms with Gasteiger partial charge in [-0.1, -0.05) is 30.8 Å². The Hall–Kier alpha value is -3.14. The zero-order chi connectivity index (χ0) is 17.4. The van der Waals surface area contributed by atoms with Gasteiger partial charge in [-0.15, -0.1) is 0 Å². The van der Waals surface area contributed by atoms with Crippen LogP contribution in [0.15, 0.2) is 61.4 Å². The zero-order valence-electron chi connectivity index (χ0n) is 13.4. The number of benzene rings is 2. The van der Waals surface area contributed by atoms with Crippen molar-refractivity contribution in [2.45, 2.75) is 6.92 Å². The Labute approximate surface area is 141 Å². The fourth-order valence-corrected chi connectivity index (χ4v) is 2.24. The molecule has 4 heteroatoms. The lowest BCUT2D eigenvalue weighted by Crippen LogP contribution is -1.98. The summed E-state index contributed by atoms with van der Waals surface area (Å²) in [5.74, 6) is 0.184. The molecule has 0 aromatic heterocycles. The Bertz CT molecular complexity index is 775. The zero-order valence-corrected chi connectivity index (χ0v) is 13.4. The molecule has 0 radical (unpaired) electrons. The Kier molecular flexibility index (Phi) is 6.08. The molecule has 0 saturated carbocycles. The number of aldehydes is 1. The average Bonchev–Trinajstić information content (AvgIpc) is 2.61. The second-order valence-electron chi connectivity index (χ2n) is 4.86. The molecule has 0 fully saturated rings. The molecule has 2 rings (SSSR count). The molecule has 2 aromatic rings. The first-order valence-electron chi connectivity index (χ1n) is 7.50. The van der Waals surface area contributed by atoms with E-state index in [1.807, 2.05) is 18.2 Å². The second-order valence-corrected chi connectivity index (χ2v) is 4.86. The van der Waals surface area contributed by atoms with E-state index in [4.69, 9.17) is 9.47 Å². The van der Waals surface area contributed by atoms with Crippen LogP contribution in [0, 0.1) is 0 Å². The van der Waals surface area contributed by atoms with Crippen molar-refractivity contribution in [2.24, 2.45) is 0 Å². The minimum absolute atomic E-state index is 0.316. The molecule has 0 aliphatic carbocycles. The predicted octanol–water partition coefficient (Wildman–Crippen LogP) is 4.26. The number of esters is 1. The van der Waals surface area contributed by atoms with E-state index in [1.165, 1.54) is 12.3 Å². The van der Waals surface area contributed by atoms with Crippen LogP contribution in [0.2, 0.25) is 0 Å². The highest BCUT2D eigenvalue weighted by Crippen LogP contribution is 2.29. The van der Waals surface area contributed by atoms with E-state index >= 15 is 0 Å². The summed E-state index contributed by atoms with van der Waals surface area (Å²) in [6.07, 6.45) is 5.16. The molecule has 4 nitrogen and oxygen atoms in total. The average molecular weight is 322 g/mol. The molecular weight excluding hydrogens is 304 g/mol. The summed E-state index contributed by atoms with van der Waals surface area (Å²) < 4.78 is 10.2. The Balaban J connectivity index is 2.47. The molecule has 0 aliphatic rings. The van der Waals surface area contributed by atoms with Gasteiger partial charge in [-0.2, -0.15) is 0 Å². The van der Waals surface area contributed by atoms with Gasteiger partial charge in [0, 0.05) is 11.6 Å². The van der Waals surface area contributed by atoms with Crippen molar-refractivity contribution in [3.05, 3.63) is 72.5 Å². The van der Waals surface area contributed by atoms with Crippen LogP contribution in [0.1, 0.15) is 22.8 Å². The molecule has 0 spiro atoms.